The molecule has 118 valence electrons. The van der Waals surface area contributed by atoms with E-state index in [0.717, 1.165) is 12.0 Å². The molecule has 5 nitrogen and oxygen atoms in total. The minimum Gasteiger partial charge on any atom is -0.468 e. The quantitative estimate of drug-likeness (QED) is 0.736. The first kappa shape index (κ1) is 17.7. The van der Waals surface area contributed by atoms with Gasteiger partial charge in [-0.2, -0.15) is 0 Å². The molecule has 1 N–H and O–H groups in total. The van der Waals surface area contributed by atoms with Crippen molar-refractivity contribution >= 4 is 15.8 Å². The zero-order valence-corrected chi connectivity index (χ0v) is 13.6. The maximum atomic E-state index is 12.0. The average Bonchev–Trinajstić information content (AvgIpc) is 2.46. The van der Waals surface area contributed by atoms with Crippen molar-refractivity contribution in [2.45, 2.75) is 26.3 Å². The number of hydrogen-bond acceptors (Lipinski definition) is 5. The molecule has 0 saturated carbocycles. The number of hydrogen-bond donors (Lipinski definition) is 1. The Hall–Kier alpha value is -1.40. The van der Waals surface area contributed by atoms with Gasteiger partial charge < -0.3 is 10.1 Å². The van der Waals surface area contributed by atoms with E-state index in [9.17, 15) is 13.2 Å². The second-order valence-electron chi connectivity index (χ2n) is 4.84. The first-order valence-corrected chi connectivity index (χ1v) is 8.83. The lowest BCUT2D eigenvalue weighted by Crippen LogP contribution is -2.31. The Balaban J connectivity index is 2.88. The van der Waals surface area contributed by atoms with Crippen molar-refractivity contribution < 1.29 is 17.9 Å². The van der Waals surface area contributed by atoms with Crippen LogP contribution in [0, 0.1) is 0 Å². The third-order valence-electron chi connectivity index (χ3n) is 3.23. The number of carbonyl (C=O) groups is 1. The minimum atomic E-state index is -3.52. The number of rotatable bonds is 8. The largest absolute Gasteiger partial charge is 0.468 e. The van der Waals surface area contributed by atoms with Gasteiger partial charge in [0.15, 0.2) is 9.84 Å². The Morgan fingerprint density at radius 1 is 1.24 bits per heavy atom. The Morgan fingerprint density at radius 3 is 2.33 bits per heavy atom. The fourth-order valence-corrected chi connectivity index (χ4v) is 3.47. The van der Waals surface area contributed by atoms with Crippen LogP contribution < -0.4 is 5.32 Å². The molecule has 6 heteroatoms. The van der Waals surface area contributed by atoms with Gasteiger partial charge in [-0.15, -0.1) is 0 Å². The number of benzene rings is 1. The highest BCUT2D eigenvalue weighted by Crippen LogP contribution is 2.17. The number of esters is 1. The highest BCUT2D eigenvalue weighted by Gasteiger charge is 2.23. The molecule has 0 aromatic heterocycles. The lowest BCUT2D eigenvalue weighted by Gasteiger charge is -2.18. The summed E-state index contributed by atoms with van der Waals surface area (Å²) in [5, 5.41) is 3.15. The lowest BCUT2D eigenvalue weighted by molar-refractivity contribution is -0.137. The molecule has 1 atom stereocenters. The lowest BCUT2D eigenvalue weighted by atomic mass is 10.1. The van der Waals surface area contributed by atoms with Gasteiger partial charge in [-0.3, -0.25) is 4.79 Å². The molecule has 1 aromatic carbocycles. The molecular weight excluding hydrogens is 290 g/mol. The molecule has 0 aliphatic carbocycles. The first-order chi connectivity index (χ1) is 9.91. The van der Waals surface area contributed by atoms with E-state index in [4.69, 9.17) is 0 Å². The van der Waals surface area contributed by atoms with Crippen LogP contribution >= 0.6 is 0 Å². The highest BCUT2D eigenvalue weighted by molar-refractivity contribution is 7.92. The van der Waals surface area contributed by atoms with Gasteiger partial charge in [-0.1, -0.05) is 38.1 Å². The van der Waals surface area contributed by atoms with Crippen LogP contribution in [0.1, 0.15) is 31.0 Å². The third-order valence-corrected chi connectivity index (χ3v) is 4.74. The molecule has 1 unspecified atom stereocenters. The minimum absolute atomic E-state index is 0.124. The Morgan fingerprint density at radius 2 is 1.86 bits per heavy atom. The maximum absolute atomic E-state index is 12.0. The number of nitrogens with one attached hydrogen (secondary N) is 1. The van der Waals surface area contributed by atoms with Crippen LogP contribution in [-0.4, -0.2) is 39.5 Å². The second kappa shape index (κ2) is 8.14. The standard InChI is InChI=1S/C15H23NO4S/c1-4-12-6-8-13(9-7-12)14(16-5-2)10-21(18,19)11-15(17)20-3/h6-9,14,16H,4-5,10-11H2,1-3H3. The van der Waals surface area contributed by atoms with Crippen LogP contribution in [0.4, 0.5) is 0 Å². The smallest absolute Gasteiger partial charge is 0.320 e. The fraction of sp³-hybridized carbons (Fsp3) is 0.533. The Kier molecular flexibility index (Phi) is 6.84. The van der Waals surface area contributed by atoms with E-state index in [1.54, 1.807) is 0 Å². The SMILES string of the molecule is CCNC(CS(=O)(=O)CC(=O)OC)c1ccc(CC)cc1. The molecular formula is C15H23NO4S. The monoisotopic (exact) mass is 313 g/mol. The zero-order valence-electron chi connectivity index (χ0n) is 12.8. The molecule has 0 amide bonds. The topological polar surface area (TPSA) is 72.5 Å². The van der Waals surface area contributed by atoms with E-state index in [1.165, 1.54) is 12.7 Å². The Bertz CT molecular complexity index is 552. The summed E-state index contributed by atoms with van der Waals surface area (Å²) >= 11 is 0. The average molecular weight is 313 g/mol. The van der Waals surface area contributed by atoms with E-state index in [0.29, 0.717) is 6.54 Å². The van der Waals surface area contributed by atoms with Gasteiger partial charge in [-0.05, 0) is 24.1 Å². The summed E-state index contributed by atoms with van der Waals surface area (Å²) in [5.41, 5.74) is 2.11. The summed E-state index contributed by atoms with van der Waals surface area (Å²) < 4.78 is 28.5. The van der Waals surface area contributed by atoms with Crippen molar-refractivity contribution in [3.05, 3.63) is 35.4 Å². The van der Waals surface area contributed by atoms with Crippen molar-refractivity contribution in [2.75, 3.05) is 25.2 Å². The van der Waals surface area contributed by atoms with Gasteiger partial charge in [0.2, 0.25) is 0 Å². The molecule has 0 spiro atoms. The van der Waals surface area contributed by atoms with Gasteiger partial charge >= 0.3 is 5.97 Å². The summed E-state index contributed by atoms with van der Waals surface area (Å²) in [4.78, 5) is 11.2. The van der Waals surface area contributed by atoms with Crippen molar-refractivity contribution in [1.29, 1.82) is 0 Å². The van der Waals surface area contributed by atoms with E-state index < -0.39 is 21.6 Å². The summed E-state index contributed by atoms with van der Waals surface area (Å²) in [6.45, 7) is 4.63. The third kappa shape index (κ3) is 5.85. The molecule has 1 rings (SSSR count). The van der Waals surface area contributed by atoms with Crippen LogP contribution in [0.5, 0.6) is 0 Å². The molecule has 0 fully saturated rings. The normalized spacial score (nSPS) is 12.9. The van der Waals surface area contributed by atoms with Crippen LogP contribution in [0.25, 0.3) is 0 Å². The predicted octanol–water partition coefficient (Wildman–Crippen LogP) is 1.49. The summed E-state index contributed by atoms with van der Waals surface area (Å²) in [6, 6.07) is 7.52. The van der Waals surface area contributed by atoms with Gasteiger partial charge in [0, 0.05) is 6.04 Å². The summed E-state index contributed by atoms with van der Waals surface area (Å²) in [6.07, 6.45) is 0.937. The van der Waals surface area contributed by atoms with Crippen molar-refractivity contribution in [1.82, 2.24) is 5.32 Å². The molecule has 1 aromatic rings. The summed E-state index contributed by atoms with van der Waals surface area (Å²) in [7, 11) is -2.33. The van der Waals surface area contributed by atoms with E-state index >= 15 is 0 Å². The van der Waals surface area contributed by atoms with Crippen molar-refractivity contribution in [2.24, 2.45) is 0 Å². The molecule has 0 aliphatic rings. The van der Waals surface area contributed by atoms with E-state index in [-0.39, 0.29) is 11.8 Å². The molecule has 0 saturated heterocycles. The van der Waals surface area contributed by atoms with Crippen molar-refractivity contribution in [3.63, 3.8) is 0 Å². The number of aryl methyl sites for hydroxylation is 1. The van der Waals surface area contributed by atoms with Gasteiger partial charge in [0.25, 0.3) is 0 Å². The number of methoxy groups -OCH3 is 1. The van der Waals surface area contributed by atoms with Crippen LogP contribution in [0.3, 0.4) is 0 Å². The molecule has 0 bridgehead atoms. The second-order valence-corrected chi connectivity index (χ2v) is 6.95. The van der Waals surface area contributed by atoms with Crippen LogP contribution in [0.15, 0.2) is 24.3 Å². The van der Waals surface area contributed by atoms with E-state index in [1.807, 2.05) is 31.2 Å². The zero-order chi connectivity index (χ0) is 15.9. The molecule has 0 radical (unpaired) electrons. The Labute approximate surface area is 126 Å². The molecule has 0 heterocycles. The van der Waals surface area contributed by atoms with E-state index in [2.05, 4.69) is 17.0 Å². The van der Waals surface area contributed by atoms with Gasteiger partial charge in [0.1, 0.15) is 5.75 Å². The van der Waals surface area contributed by atoms with Crippen LogP contribution in [-0.2, 0) is 25.8 Å². The van der Waals surface area contributed by atoms with Crippen LogP contribution in [0.2, 0.25) is 0 Å². The van der Waals surface area contributed by atoms with Gasteiger partial charge in [0.05, 0.1) is 12.9 Å². The molecule has 21 heavy (non-hydrogen) atoms. The first-order valence-electron chi connectivity index (χ1n) is 7.01. The molecule has 0 aliphatic heterocycles. The summed E-state index contributed by atoms with van der Waals surface area (Å²) in [5.74, 6) is -1.44. The maximum Gasteiger partial charge on any atom is 0.320 e. The van der Waals surface area contributed by atoms with Crippen molar-refractivity contribution in [3.8, 4) is 0 Å². The predicted molar refractivity (Wildman–Crippen MR) is 82.9 cm³/mol. The number of ether oxygens (including phenoxy) is 1. The number of sulfone groups is 1. The van der Waals surface area contributed by atoms with Gasteiger partial charge in [-0.25, -0.2) is 8.42 Å². The number of carbonyl (C=O) groups excluding carboxylic acids is 1. The fourth-order valence-electron chi connectivity index (χ4n) is 2.06. The highest BCUT2D eigenvalue weighted by atomic mass is 32.2.